The average Bonchev–Trinajstić information content (AvgIpc) is 3.19. The summed E-state index contributed by atoms with van der Waals surface area (Å²) < 4.78 is 23.2. The number of hydrogen-bond acceptors (Lipinski definition) is 7. The van der Waals surface area contributed by atoms with Gasteiger partial charge in [0.15, 0.2) is 9.84 Å². The zero-order chi connectivity index (χ0) is 20.3. The summed E-state index contributed by atoms with van der Waals surface area (Å²) in [5.41, 5.74) is 1.72. The molecular weight excluding hydrogens is 382 g/mol. The molecule has 0 saturated heterocycles. The second kappa shape index (κ2) is 7.50. The molecule has 0 radical (unpaired) electrons. The molecule has 3 aromatic rings. The van der Waals surface area contributed by atoms with Crippen molar-refractivity contribution in [3.05, 3.63) is 54.4 Å². The normalized spacial score (nSPS) is 11.0. The van der Waals surface area contributed by atoms with E-state index in [4.69, 9.17) is 0 Å². The van der Waals surface area contributed by atoms with E-state index in [0.29, 0.717) is 22.8 Å². The molecule has 0 saturated carbocycles. The van der Waals surface area contributed by atoms with Crippen LogP contribution in [0.15, 0.2) is 53.7 Å². The lowest BCUT2D eigenvalue weighted by atomic mass is 10.1. The van der Waals surface area contributed by atoms with Crippen molar-refractivity contribution in [2.24, 2.45) is 0 Å². The monoisotopic (exact) mass is 397 g/mol. The van der Waals surface area contributed by atoms with Crippen molar-refractivity contribution in [3.63, 3.8) is 0 Å². The van der Waals surface area contributed by atoms with Gasteiger partial charge in [0.05, 0.1) is 28.0 Å². The molecular formula is C18H15N5O4S. The summed E-state index contributed by atoms with van der Waals surface area (Å²) in [5.74, 6) is -0.670. The summed E-state index contributed by atoms with van der Waals surface area (Å²) in [5, 5.41) is 25.3. The maximum Gasteiger partial charge on any atom is 0.323 e. The van der Waals surface area contributed by atoms with Crippen LogP contribution in [-0.2, 0) is 14.6 Å². The van der Waals surface area contributed by atoms with Gasteiger partial charge in [-0.2, -0.15) is 10.4 Å². The number of aromatic nitrogens is 3. The summed E-state index contributed by atoms with van der Waals surface area (Å²) in [7, 11) is -3.37. The molecule has 142 valence electrons. The molecule has 0 aliphatic heterocycles. The first kappa shape index (κ1) is 19.1. The molecule has 9 nitrogen and oxygen atoms in total. The average molecular weight is 397 g/mol. The molecule has 0 aliphatic rings. The molecule has 0 aliphatic carbocycles. The van der Waals surface area contributed by atoms with E-state index in [1.807, 2.05) is 0 Å². The summed E-state index contributed by atoms with van der Waals surface area (Å²) in [4.78, 5) is 17.0. The molecule has 2 heterocycles. The molecule has 10 heteroatoms. The Bertz CT molecular complexity index is 1150. The van der Waals surface area contributed by atoms with Crippen LogP contribution in [0.1, 0.15) is 5.56 Å². The van der Waals surface area contributed by atoms with Crippen LogP contribution in [0, 0.1) is 11.3 Å². The lowest BCUT2D eigenvalue weighted by Crippen LogP contribution is -2.26. The van der Waals surface area contributed by atoms with Crippen LogP contribution in [0.3, 0.4) is 0 Å². The highest BCUT2D eigenvalue weighted by atomic mass is 32.2. The lowest BCUT2D eigenvalue weighted by molar-refractivity contribution is -0.135. The molecule has 28 heavy (non-hydrogen) atoms. The van der Waals surface area contributed by atoms with Crippen LogP contribution in [0.5, 0.6) is 0 Å². The van der Waals surface area contributed by atoms with Gasteiger partial charge in [-0.1, -0.05) is 6.07 Å². The Morgan fingerprint density at radius 3 is 2.61 bits per heavy atom. The number of carboxylic acids is 1. The number of nitriles is 1. The van der Waals surface area contributed by atoms with E-state index in [1.54, 1.807) is 30.3 Å². The maximum atomic E-state index is 11.6. The van der Waals surface area contributed by atoms with Crippen molar-refractivity contribution in [2.75, 3.05) is 17.7 Å². The predicted molar refractivity (Wildman–Crippen MR) is 101 cm³/mol. The van der Waals surface area contributed by atoms with Crippen molar-refractivity contribution in [1.29, 1.82) is 5.26 Å². The van der Waals surface area contributed by atoms with Gasteiger partial charge < -0.3 is 10.0 Å². The number of nitrogens with zero attached hydrogens (tertiary/aromatic N) is 4. The van der Waals surface area contributed by atoms with E-state index < -0.39 is 15.8 Å². The Morgan fingerprint density at radius 1 is 1.29 bits per heavy atom. The van der Waals surface area contributed by atoms with Crippen LogP contribution in [0.25, 0.3) is 11.3 Å². The molecule has 2 N–H and O–H groups in total. The Morgan fingerprint density at radius 2 is 2.07 bits per heavy atom. The fraction of sp³-hybridized carbons (Fsp3) is 0.111. The van der Waals surface area contributed by atoms with Gasteiger partial charge in [-0.25, -0.2) is 8.42 Å². The van der Waals surface area contributed by atoms with Crippen molar-refractivity contribution in [2.45, 2.75) is 4.90 Å². The second-order valence-electron chi connectivity index (χ2n) is 5.92. The van der Waals surface area contributed by atoms with E-state index in [9.17, 15) is 23.6 Å². The fourth-order valence-corrected chi connectivity index (χ4v) is 3.17. The number of rotatable bonds is 6. The van der Waals surface area contributed by atoms with Gasteiger partial charge in [0.1, 0.15) is 18.4 Å². The Kier molecular flexibility index (Phi) is 5.10. The lowest BCUT2D eigenvalue weighted by Gasteiger charge is -2.22. The number of pyridine rings is 1. The SMILES string of the molecule is CS(=O)(=O)c1ccc(-c2ccc(C#N)c(N(CC(=O)O)c3ccn[nH]3)c2)nc1. The third-order valence-corrected chi connectivity index (χ3v) is 5.04. The van der Waals surface area contributed by atoms with Gasteiger partial charge in [-0.05, 0) is 24.3 Å². The highest BCUT2D eigenvalue weighted by Gasteiger charge is 2.19. The van der Waals surface area contributed by atoms with E-state index in [0.717, 1.165) is 6.26 Å². The number of aromatic amines is 1. The Hall–Kier alpha value is -3.71. The number of aliphatic carboxylic acids is 1. The minimum Gasteiger partial charge on any atom is -0.480 e. The van der Waals surface area contributed by atoms with E-state index in [2.05, 4.69) is 21.3 Å². The van der Waals surface area contributed by atoms with Crippen LogP contribution in [0.4, 0.5) is 11.5 Å². The highest BCUT2D eigenvalue weighted by Crippen LogP contribution is 2.31. The first-order valence-corrected chi connectivity index (χ1v) is 9.88. The first-order chi connectivity index (χ1) is 13.3. The molecule has 0 unspecified atom stereocenters. The summed E-state index contributed by atoms with van der Waals surface area (Å²) in [6.07, 6.45) is 3.83. The highest BCUT2D eigenvalue weighted by molar-refractivity contribution is 7.90. The van der Waals surface area contributed by atoms with E-state index in [-0.39, 0.29) is 17.0 Å². The molecule has 0 amide bonds. The zero-order valence-corrected chi connectivity index (χ0v) is 15.5. The van der Waals surface area contributed by atoms with Gasteiger partial charge in [-0.3, -0.25) is 14.9 Å². The molecule has 0 bridgehead atoms. The molecule has 0 fully saturated rings. The van der Waals surface area contributed by atoms with Crippen LogP contribution >= 0.6 is 0 Å². The number of H-pyrrole nitrogens is 1. The Labute approximate surface area is 160 Å². The summed E-state index contributed by atoms with van der Waals surface area (Å²) in [6, 6.07) is 11.5. The fourth-order valence-electron chi connectivity index (χ4n) is 2.61. The number of nitrogens with one attached hydrogen (secondary N) is 1. The van der Waals surface area contributed by atoms with Crippen LogP contribution < -0.4 is 4.90 Å². The third kappa shape index (κ3) is 3.99. The first-order valence-electron chi connectivity index (χ1n) is 7.99. The minimum absolute atomic E-state index is 0.0927. The predicted octanol–water partition coefficient (Wildman–Crippen LogP) is 1.97. The van der Waals surface area contributed by atoms with E-state index in [1.165, 1.54) is 23.4 Å². The van der Waals surface area contributed by atoms with Crippen molar-refractivity contribution in [3.8, 4) is 17.3 Å². The van der Waals surface area contributed by atoms with E-state index >= 15 is 0 Å². The number of sulfone groups is 1. The summed E-state index contributed by atoms with van der Waals surface area (Å²) in [6.45, 7) is -0.388. The zero-order valence-electron chi connectivity index (χ0n) is 14.7. The van der Waals surface area contributed by atoms with Crippen LogP contribution in [0.2, 0.25) is 0 Å². The quantitative estimate of drug-likeness (QED) is 0.643. The standard InChI is InChI=1S/C18H15N5O4S/c1-28(26,27)14-4-5-15(20-10-14)12-2-3-13(9-19)16(8-12)23(11-18(24)25)17-6-7-21-22-17/h2-8,10H,11H2,1H3,(H,21,22)(H,24,25). The molecule has 1 aromatic carbocycles. The number of benzene rings is 1. The smallest absolute Gasteiger partial charge is 0.323 e. The van der Waals surface area contributed by atoms with Gasteiger partial charge in [0.25, 0.3) is 0 Å². The number of carbonyl (C=O) groups is 1. The van der Waals surface area contributed by atoms with Gasteiger partial charge in [0, 0.05) is 24.1 Å². The molecule has 3 rings (SSSR count). The number of hydrogen-bond donors (Lipinski definition) is 2. The van der Waals surface area contributed by atoms with Gasteiger partial charge in [-0.15, -0.1) is 0 Å². The van der Waals surface area contributed by atoms with Crippen molar-refractivity contribution in [1.82, 2.24) is 15.2 Å². The molecule has 2 aromatic heterocycles. The third-order valence-electron chi connectivity index (χ3n) is 3.94. The Balaban J connectivity index is 2.09. The van der Waals surface area contributed by atoms with Crippen molar-refractivity contribution < 1.29 is 18.3 Å². The molecule has 0 atom stereocenters. The largest absolute Gasteiger partial charge is 0.480 e. The van der Waals surface area contributed by atoms with Crippen LogP contribution in [-0.4, -0.2) is 47.5 Å². The summed E-state index contributed by atoms with van der Waals surface area (Å²) >= 11 is 0. The second-order valence-corrected chi connectivity index (χ2v) is 7.93. The minimum atomic E-state index is -3.37. The maximum absolute atomic E-state index is 11.6. The van der Waals surface area contributed by atoms with Gasteiger partial charge in [0.2, 0.25) is 0 Å². The van der Waals surface area contributed by atoms with Crippen molar-refractivity contribution >= 4 is 27.3 Å². The molecule has 0 spiro atoms. The number of anilines is 2. The van der Waals surface area contributed by atoms with Gasteiger partial charge >= 0.3 is 5.97 Å². The number of carboxylic acid groups (broad SMARTS) is 1. The topological polar surface area (TPSA) is 140 Å².